The van der Waals surface area contributed by atoms with E-state index in [1.807, 2.05) is 0 Å². The number of carbonyl (C=O) groups is 1. The molecule has 4 heterocycles. The molecule has 356 valence electrons. The molecule has 1 fully saturated rings. The average Bonchev–Trinajstić information content (AvgIpc) is 3.53. The van der Waals surface area contributed by atoms with Gasteiger partial charge >= 0.3 is 0 Å². The summed E-state index contributed by atoms with van der Waals surface area (Å²) in [5.41, 5.74) is -0.905. The fraction of sp³-hybridized carbons (Fsp3) is 0.261. The molecule has 2 aliphatic rings. The number of nitrogens with zero attached hydrogens (tertiary/aromatic N) is 8. The quantitative estimate of drug-likeness (QED) is 0.102. The third-order valence-corrected chi connectivity index (χ3v) is 13.9. The number of sulfonamides is 1. The second-order valence-corrected chi connectivity index (χ2v) is 19.3. The maximum Gasteiger partial charge on any atom is 0.293 e. The van der Waals surface area contributed by atoms with Crippen LogP contribution in [0.4, 0.5) is 32.2 Å². The largest absolute Gasteiger partial charge is 0.497 e. The van der Waals surface area contributed by atoms with Crippen LogP contribution in [-0.2, 0) is 47.3 Å². The molecule has 1 amide bonds. The second kappa shape index (κ2) is 16.8. The zero-order valence-corrected chi connectivity index (χ0v) is 38.0. The number of H-pyrrole nitrogens is 1. The third-order valence-electron chi connectivity index (χ3n) is 12.4. The van der Waals surface area contributed by atoms with Crippen LogP contribution >= 0.6 is 11.6 Å². The Kier molecular flexibility index (Phi) is 11.1. The molecule has 2 N–H and O–H groups in total. The summed E-state index contributed by atoms with van der Waals surface area (Å²) in [5, 5.41) is 18.1. The van der Waals surface area contributed by atoms with Gasteiger partial charge in [-0.3, -0.25) is 28.6 Å². The molecule has 1 saturated carbocycles. The van der Waals surface area contributed by atoms with Gasteiger partial charge in [-0.15, -0.1) is 0 Å². The second-order valence-electron chi connectivity index (χ2n) is 16.9. The Labute approximate surface area is 392 Å². The topological polar surface area (TPSA) is 175 Å². The van der Waals surface area contributed by atoms with E-state index >= 15 is 13.6 Å². The van der Waals surface area contributed by atoms with Crippen LogP contribution in [0.2, 0.25) is 5.02 Å². The van der Waals surface area contributed by atoms with Crippen molar-refractivity contribution in [1.29, 1.82) is 0 Å². The molecular weight excluding hydrogens is 954 g/mol. The number of rotatable bonds is 14. The number of hydrogen-bond donors (Lipinski definition) is 2. The number of anilines is 1. The Morgan fingerprint density at radius 2 is 1.75 bits per heavy atom. The van der Waals surface area contributed by atoms with Gasteiger partial charge in [-0.1, -0.05) is 29.8 Å². The molecule has 69 heavy (non-hydrogen) atoms. The molecule has 0 radical (unpaired) electrons. The Hall–Kier alpha value is -7.20. The monoisotopic (exact) mass is 990 g/mol. The molecule has 0 saturated heterocycles. The molecule has 0 spiro atoms. The number of amides is 1. The van der Waals surface area contributed by atoms with E-state index in [0.29, 0.717) is 33.3 Å². The van der Waals surface area contributed by atoms with Gasteiger partial charge in [0.2, 0.25) is 15.9 Å². The van der Waals surface area contributed by atoms with Crippen LogP contribution in [0.1, 0.15) is 58.7 Å². The van der Waals surface area contributed by atoms with Gasteiger partial charge in [0, 0.05) is 42.8 Å². The predicted octanol–water partition coefficient (Wildman–Crippen LogP) is 8.01. The van der Waals surface area contributed by atoms with Crippen molar-refractivity contribution < 1.29 is 44.3 Å². The molecule has 8 aromatic rings. The molecule has 3 atom stereocenters. The summed E-state index contributed by atoms with van der Waals surface area (Å²) < 4.78 is 126. The molecule has 4 aromatic carbocycles. The highest BCUT2D eigenvalue weighted by Gasteiger charge is 2.67. The Morgan fingerprint density at radius 1 is 1.01 bits per heavy atom. The van der Waals surface area contributed by atoms with Gasteiger partial charge in [-0.25, -0.2) is 35.3 Å². The smallest absolute Gasteiger partial charge is 0.293 e. The van der Waals surface area contributed by atoms with Crippen LogP contribution in [0, 0.1) is 17.6 Å². The fourth-order valence-corrected chi connectivity index (χ4v) is 10.4. The van der Waals surface area contributed by atoms with Gasteiger partial charge in [0.1, 0.15) is 41.1 Å². The maximum absolute atomic E-state index is 15.6. The van der Waals surface area contributed by atoms with E-state index in [4.69, 9.17) is 21.3 Å². The standard InChI is InChI=1S/C46H37ClF6N10O5S/c1-60-40-35(11-10-31(47)38(40)44(59-60)62(69(3,66)67)20-22-4-7-27(68-2)8-5-22)63-43(56-33-17-24(32-12-13-54-57-32)6-9-28(33)45(63)65)34(16-23-14-25(48)18-26(49)15-23)55-36(64)21-61-41-37(39(58-61)42(50)51)29-19-30(29)46(41,52)53/h4-15,17-18,29-30,34,42H,16,19-21H2,1-3H3,(H,54,57)(H,55,64)/t29-,30+,34-/m0/s1. The minimum Gasteiger partial charge on any atom is -0.497 e. The Morgan fingerprint density at radius 3 is 2.42 bits per heavy atom. The number of aromatic amines is 1. The van der Waals surface area contributed by atoms with Crippen LogP contribution in [0.5, 0.6) is 5.75 Å². The summed E-state index contributed by atoms with van der Waals surface area (Å²) in [5.74, 6) is -8.49. The molecule has 0 bridgehead atoms. The van der Waals surface area contributed by atoms with E-state index < -0.39 is 87.7 Å². The van der Waals surface area contributed by atoms with E-state index in [9.17, 15) is 30.8 Å². The van der Waals surface area contributed by atoms with Crippen LogP contribution in [-0.4, -0.2) is 67.0 Å². The SMILES string of the molecule is COc1ccc(CN(c2nn(C)c3c(-n4c([C@H](Cc5cc(F)cc(F)c5)NC(=O)Cn5nc(C(F)F)c6c5C(F)(F)[C@@H]5C[C@H]65)nc5cc(-c6ccn[nH]6)ccc5c4=O)ccc(Cl)c23)S(C)(=O)=O)cc1. The van der Waals surface area contributed by atoms with Crippen molar-refractivity contribution in [2.75, 3.05) is 17.7 Å². The summed E-state index contributed by atoms with van der Waals surface area (Å²) in [4.78, 5) is 34.5. The van der Waals surface area contributed by atoms with Crippen molar-refractivity contribution in [2.45, 2.75) is 50.2 Å². The van der Waals surface area contributed by atoms with E-state index in [1.54, 1.807) is 42.5 Å². The number of halogens is 7. The van der Waals surface area contributed by atoms with Gasteiger partial charge < -0.3 is 10.1 Å². The molecule has 15 nitrogen and oxygen atoms in total. The van der Waals surface area contributed by atoms with E-state index in [1.165, 1.54) is 43.2 Å². The van der Waals surface area contributed by atoms with E-state index in [0.717, 1.165) is 27.3 Å². The number of fused-ring (bicyclic) bond motifs is 5. The van der Waals surface area contributed by atoms with Crippen molar-refractivity contribution in [2.24, 2.45) is 13.0 Å². The first-order valence-corrected chi connectivity index (χ1v) is 23.4. The number of nitrogens with one attached hydrogen (secondary N) is 2. The minimum absolute atomic E-state index is 0.00982. The molecule has 2 aliphatic carbocycles. The number of alkyl halides is 4. The first kappa shape index (κ1) is 45.6. The lowest BCUT2D eigenvalue weighted by Gasteiger charge is -2.24. The predicted molar refractivity (Wildman–Crippen MR) is 241 cm³/mol. The highest BCUT2D eigenvalue weighted by Crippen LogP contribution is 2.68. The van der Waals surface area contributed by atoms with Crippen LogP contribution < -0.4 is 19.9 Å². The minimum atomic E-state index is -4.11. The fourth-order valence-electron chi connectivity index (χ4n) is 9.32. The van der Waals surface area contributed by atoms with Crippen molar-refractivity contribution in [3.05, 3.63) is 146 Å². The molecule has 0 unspecified atom stereocenters. The normalized spacial score (nSPS) is 16.5. The van der Waals surface area contributed by atoms with Gasteiger partial charge in [-0.05, 0) is 78.1 Å². The summed E-state index contributed by atoms with van der Waals surface area (Å²) in [6, 6.07) is 16.9. The van der Waals surface area contributed by atoms with Crippen LogP contribution in [0.25, 0.3) is 38.8 Å². The summed E-state index contributed by atoms with van der Waals surface area (Å²) in [7, 11) is -1.13. The van der Waals surface area contributed by atoms with Crippen molar-refractivity contribution in [1.82, 2.24) is 44.6 Å². The molecule has 23 heteroatoms. The average molecular weight is 991 g/mol. The van der Waals surface area contributed by atoms with E-state index in [-0.39, 0.29) is 68.3 Å². The first-order valence-electron chi connectivity index (χ1n) is 21.2. The lowest BCUT2D eigenvalue weighted by molar-refractivity contribution is -0.123. The molecular formula is C46H37ClF6N10O5S. The number of ether oxygens (including phenoxy) is 1. The van der Waals surface area contributed by atoms with Crippen molar-refractivity contribution in [3.8, 4) is 22.7 Å². The first-order chi connectivity index (χ1) is 32.8. The summed E-state index contributed by atoms with van der Waals surface area (Å²) >= 11 is 6.91. The molecule has 4 aromatic heterocycles. The zero-order chi connectivity index (χ0) is 48.8. The Balaban J connectivity index is 1.17. The number of aryl methyl sites for hydroxylation is 1. The van der Waals surface area contributed by atoms with E-state index in [2.05, 4.69) is 25.7 Å². The number of methoxy groups -OCH3 is 1. The number of benzene rings is 4. The zero-order valence-electron chi connectivity index (χ0n) is 36.4. The number of aromatic nitrogens is 8. The number of carbonyl (C=O) groups excluding carboxylic acids is 1. The lowest BCUT2D eigenvalue weighted by Crippen LogP contribution is -2.38. The van der Waals surface area contributed by atoms with Crippen molar-refractivity contribution in [3.63, 3.8) is 0 Å². The van der Waals surface area contributed by atoms with Crippen molar-refractivity contribution >= 4 is 55.2 Å². The van der Waals surface area contributed by atoms with Crippen LogP contribution in [0.15, 0.2) is 89.9 Å². The highest BCUT2D eigenvalue weighted by molar-refractivity contribution is 7.92. The summed E-state index contributed by atoms with van der Waals surface area (Å²) in [6.45, 7) is -1.20. The number of hydrogen-bond acceptors (Lipinski definition) is 9. The van der Waals surface area contributed by atoms with Gasteiger partial charge in [0.25, 0.3) is 17.9 Å². The van der Waals surface area contributed by atoms with Gasteiger partial charge in [-0.2, -0.15) is 24.1 Å². The molecule has 10 rings (SSSR count). The third kappa shape index (κ3) is 8.03. The highest BCUT2D eigenvalue weighted by atomic mass is 35.5. The lowest BCUT2D eigenvalue weighted by atomic mass is 10.0. The van der Waals surface area contributed by atoms with Gasteiger partial charge in [0.05, 0.1) is 64.2 Å². The van der Waals surface area contributed by atoms with Gasteiger partial charge in [0.15, 0.2) is 5.82 Å². The van der Waals surface area contributed by atoms with Crippen LogP contribution in [0.3, 0.4) is 0 Å². The maximum atomic E-state index is 15.6. The summed E-state index contributed by atoms with van der Waals surface area (Å²) in [6.07, 6.45) is -1.21. The molecule has 0 aliphatic heterocycles. The Bertz CT molecular complexity index is 3530.